The van der Waals surface area contributed by atoms with Crippen LogP contribution in [0.25, 0.3) is 0 Å². The Bertz CT molecular complexity index is 187. The minimum absolute atomic E-state index is 0.433. The lowest BCUT2D eigenvalue weighted by atomic mass is 10.0. The first kappa shape index (κ1) is 8.48. The molecule has 0 fully saturated rings. The van der Waals surface area contributed by atoms with Crippen molar-refractivity contribution < 1.29 is 0 Å². The Morgan fingerprint density at radius 1 is 1.18 bits per heavy atom. The van der Waals surface area contributed by atoms with Gasteiger partial charge in [-0.1, -0.05) is 0 Å². The molecule has 2 atom stereocenters. The molecule has 0 radical (unpaired) electrons. The van der Waals surface area contributed by atoms with Crippen LogP contribution in [0.15, 0.2) is 11.3 Å². The van der Waals surface area contributed by atoms with Gasteiger partial charge in [-0.25, -0.2) is 0 Å². The molecule has 0 aromatic carbocycles. The van der Waals surface area contributed by atoms with E-state index in [0.29, 0.717) is 5.70 Å². The quantitative estimate of drug-likeness (QED) is 0.248. The predicted octanol–water partition coefficient (Wildman–Crippen LogP) is -2.50. The Morgan fingerprint density at radius 3 is 1.73 bits per heavy atom. The minimum atomic E-state index is -1.09. The Hall–Kier alpha value is -0.620. The first-order chi connectivity index (χ1) is 4.89. The highest BCUT2D eigenvalue weighted by Gasteiger charge is 2.43. The summed E-state index contributed by atoms with van der Waals surface area (Å²) in [6.07, 6.45) is 0. The molecule has 1 aliphatic carbocycles. The highest BCUT2D eigenvalue weighted by Crippen LogP contribution is 2.24. The fraction of sp³-hybridized carbons (Fsp3) is 0.667. The molecule has 11 heavy (non-hydrogen) atoms. The van der Waals surface area contributed by atoms with Crippen LogP contribution in [0, 0.1) is 0 Å². The van der Waals surface area contributed by atoms with Crippen molar-refractivity contribution in [2.45, 2.75) is 24.7 Å². The van der Waals surface area contributed by atoms with Gasteiger partial charge in [0, 0.05) is 5.70 Å². The topological polar surface area (TPSA) is 130 Å². The summed E-state index contributed by atoms with van der Waals surface area (Å²) in [4.78, 5) is 0. The van der Waals surface area contributed by atoms with Crippen LogP contribution >= 0.6 is 0 Å². The first-order valence-corrected chi connectivity index (χ1v) is 3.44. The van der Waals surface area contributed by atoms with Gasteiger partial charge in [0.25, 0.3) is 0 Å². The third-order valence-electron chi connectivity index (χ3n) is 2.33. The standard InChI is InChI=1S/C6H15N5/c1-2-3(7)5(9)6(10,11)4(2)8/h4-5H,7-11H2,1H3. The Morgan fingerprint density at radius 2 is 1.64 bits per heavy atom. The molecule has 64 valence electrons. The second-order valence-electron chi connectivity index (χ2n) is 3.09. The van der Waals surface area contributed by atoms with Gasteiger partial charge in [0.15, 0.2) is 0 Å². The Balaban J connectivity index is 3.02. The maximum atomic E-state index is 5.67. The van der Waals surface area contributed by atoms with E-state index in [0.717, 1.165) is 5.57 Å². The second-order valence-corrected chi connectivity index (χ2v) is 3.09. The number of hydrogen-bond donors (Lipinski definition) is 5. The normalized spacial score (nSPS) is 36.5. The molecular weight excluding hydrogens is 142 g/mol. The maximum absolute atomic E-state index is 5.67. The van der Waals surface area contributed by atoms with E-state index in [1.54, 1.807) is 6.92 Å². The summed E-state index contributed by atoms with van der Waals surface area (Å²) in [5, 5.41) is 0. The number of nitrogens with two attached hydrogens (primary N) is 5. The van der Waals surface area contributed by atoms with E-state index < -0.39 is 17.7 Å². The molecule has 0 aromatic heterocycles. The summed E-state index contributed by atoms with van der Waals surface area (Å²) >= 11 is 0. The molecule has 1 rings (SSSR count). The highest BCUT2D eigenvalue weighted by atomic mass is 15.1. The van der Waals surface area contributed by atoms with Gasteiger partial charge in [0.05, 0.1) is 12.1 Å². The van der Waals surface area contributed by atoms with Crippen molar-refractivity contribution in [3.63, 3.8) is 0 Å². The zero-order chi connectivity index (χ0) is 8.81. The van der Waals surface area contributed by atoms with Crippen LogP contribution in [0.5, 0.6) is 0 Å². The van der Waals surface area contributed by atoms with E-state index in [4.69, 9.17) is 28.7 Å². The Kier molecular flexibility index (Phi) is 1.68. The number of hydrogen-bond acceptors (Lipinski definition) is 5. The van der Waals surface area contributed by atoms with E-state index in [1.807, 2.05) is 0 Å². The van der Waals surface area contributed by atoms with Crippen LogP contribution in [-0.2, 0) is 0 Å². The molecule has 0 heterocycles. The number of rotatable bonds is 0. The summed E-state index contributed by atoms with van der Waals surface area (Å²) in [6.45, 7) is 1.79. The van der Waals surface area contributed by atoms with Gasteiger partial charge in [0.1, 0.15) is 5.66 Å². The lowest BCUT2D eigenvalue weighted by Crippen LogP contribution is -2.69. The van der Waals surface area contributed by atoms with Crippen LogP contribution in [0.4, 0.5) is 0 Å². The molecule has 1 aliphatic rings. The molecule has 0 amide bonds. The van der Waals surface area contributed by atoms with Crippen LogP contribution in [-0.4, -0.2) is 17.7 Å². The zero-order valence-electron chi connectivity index (χ0n) is 6.54. The SMILES string of the molecule is CC1=C(N)C(N)C(N)(N)C1N. The van der Waals surface area contributed by atoms with Crippen LogP contribution in [0.3, 0.4) is 0 Å². The van der Waals surface area contributed by atoms with Crippen molar-refractivity contribution in [1.29, 1.82) is 0 Å². The highest BCUT2D eigenvalue weighted by molar-refractivity contribution is 5.35. The van der Waals surface area contributed by atoms with Crippen molar-refractivity contribution in [2.75, 3.05) is 0 Å². The third-order valence-corrected chi connectivity index (χ3v) is 2.33. The van der Waals surface area contributed by atoms with Crippen LogP contribution in [0.2, 0.25) is 0 Å². The van der Waals surface area contributed by atoms with E-state index in [1.165, 1.54) is 0 Å². The fourth-order valence-electron chi connectivity index (χ4n) is 1.26. The van der Waals surface area contributed by atoms with E-state index in [2.05, 4.69) is 0 Å². The molecule has 0 saturated carbocycles. The summed E-state index contributed by atoms with van der Waals surface area (Å²) < 4.78 is 0. The van der Waals surface area contributed by atoms with E-state index in [9.17, 15) is 0 Å². The van der Waals surface area contributed by atoms with Crippen LogP contribution in [0.1, 0.15) is 6.92 Å². The molecule has 5 nitrogen and oxygen atoms in total. The second kappa shape index (κ2) is 2.18. The predicted molar refractivity (Wildman–Crippen MR) is 43.9 cm³/mol. The molecule has 0 spiro atoms. The summed E-state index contributed by atoms with van der Waals surface area (Å²) in [6, 6.07) is -0.963. The van der Waals surface area contributed by atoms with Crippen LogP contribution < -0.4 is 28.7 Å². The largest absolute Gasteiger partial charge is 0.401 e. The molecule has 0 aromatic rings. The third kappa shape index (κ3) is 0.935. The molecule has 0 saturated heterocycles. The average Bonchev–Trinajstić information content (AvgIpc) is 2.06. The molecule has 5 heteroatoms. The van der Waals surface area contributed by atoms with E-state index in [-0.39, 0.29) is 0 Å². The summed E-state index contributed by atoms with van der Waals surface area (Å²) in [5.41, 5.74) is 28.4. The van der Waals surface area contributed by atoms with Crippen molar-refractivity contribution in [1.82, 2.24) is 0 Å². The van der Waals surface area contributed by atoms with Gasteiger partial charge in [-0.3, -0.25) is 0 Å². The Labute approximate surface area is 65.6 Å². The summed E-state index contributed by atoms with van der Waals surface area (Å²) in [5.74, 6) is 0. The van der Waals surface area contributed by atoms with Crippen molar-refractivity contribution in [3.8, 4) is 0 Å². The van der Waals surface area contributed by atoms with Gasteiger partial charge in [-0.05, 0) is 12.5 Å². The van der Waals surface area contributed by atoms with Gasteiger partial charge in [-0.15, -0.1) is 0 Å². The van der Waals surface area contributed by atoms with Gasteiger partial charge >= 0.3 is 0 Å². The van der Waals surface area contributed by atoms with Gasteiger partial charge < -0.3 is 28.7 Å². The molecule has 0 aliphatic heterocycles. The lowest BCUT2D eigenvalue weighted by molar-refractivity contribution is 0.371. The van der Waals surface area contributed by atoms with Crippen molar-refractivity contribution in [3.05, 3.63) is 11.3 Å². The summed E-state index contributed by atoms with van der Waals surface area (Å²) in [7, 11) is 0. The molecule has 2 unspecified atom stereocenters. The smallest absolute Gasteiger partial charge is 0.104 e. The minimum Gasteiger partial charge on any atom is -0.401 e. The van der Waals surface area contributed by atoms with Crippen molar-refractivity contribution in [2.24, 2.45) is 28.7 Å². The molecule has 0 bridgehead atoms. The zero-order valence-corrected chi connectivity index (χ0v) is 6.54. The monoisotopic (exact) mass is 157 g/mol. The lowest BCUT2D eigenvalue weighted by Gasteiger charge is -2.29. The van der Waals surface area contributed by atoms with E-state index >= 15 is 0 Å². The fourth-order valence-corrected chi connectivity index (χ4v) is 1.26. The maximum Gasteiger partial charge on any atom is 0.104 e. The molecular formula is C6H15N5. The molecule has 10 N–H and O–H groups in total. The van der Waals surface area contributed by atoms with Crippen molar-refractivity contribution >= 4 is 0 Å². The average molecular weight is 157 g/mol. The first-order valence-electron chi connectivity index (χ1n) is 3.44. The van der Waals surface area contributed by atoms with Gasteiger partial charge in [-0.2, -0.15) is 0 Å². The van der Waals surface area contributed by atoms with Gasteiger partial charge in [0.2, 0.25) is 0 Å².